The molecule has 1 aromatic rings. The van der Waals surface area contributed by atoms with E-state index in [1.54, 1.807) is 7.11 Å². The lowest BCUT2D eigenvalue weighted by molar-refractivity contribution is -0.152. The Morgan fingerprint density at radius 1 is 1.12 bits per heavy atom. The maximum atomic E-state index is 12.4. The Labute approximate surface area is 151 Å². The van der Waals surface area contributed by atoms with Crippen LogP contribution >= 0.6 is 0 Å². The zero-order valence-electron chi connectivity index (χ0n) is 15.8. The zero-order valence-corrected chi connectivity index (χ0v) is 15.8. The van der Waals surface area contributed by atoms with Crippen LogP contribution in [0.4, 0.5) is 0 Å². The van der Waals surface area contributed by atoms with E-state index in [0.717, 1.165) is 30.6 Å². The van der Waals surface area contributed by atoms with Gasteiger partial charge in [0.15, 0.2) is 0 Å². The van der Waals surface area contributed by atoms with Gasteiger partial charge in [0.05, 0.1) is 13.2 Å². The normalized spacial score (nSPS) is 13.0. The van der Waals surface area contributed by atoms with Crippen molar-refractivity contribution in [2.75, 3.05) is 7.11 Å². The molecular formula is C20H31NO4. The van der Waals surface area contributed by atoms with Crippen LogP contribution in [0.5, 0.6) is 5.75 Å². The van der Waals surface area contributed by atoms with Crippen LogP contribution < -0.4 is 10.1 Å². The summed E-state index contributed by atoms with van der Waals surface area (Å²) in [7, 11) is 1.61. The molecule has 1 amide bonds. The SMILES string of the molecule is CCCCCCC(C)OC(=O)[C@H](Cc1ccc(OC)cc1)NC(C)=O. The number of unbranched alkanes of at least 4 members (excludes halogenated alkanes) is 3. The zero-order chi connectivity index (χ0) is 18.7. The summed E-state index contributed by atoms with van der Waals surface area (Å²) < 4.78 is 10.7. The fraction of sp³-hybridized carbons (Fsp3) is 0.600. The third kappa shape index (κ3) is 8.57. The summed E-state index contributed by atoms with van der Waals surface area (Å²) in [4.78, 5) is 23.9. The summed E-state index contributed by atoms with van der Waals surface area (Å²) in [5.74, 6) is 0.128. The maximum Gasteiger partial charge on any atom is 0.329 e. The van der Waals surface area contributed by atoms with Crippen molar-refractivity contribution in [3.63, 3.8) is 0 Å². The lowest BCUT2D eigenvalue weighted by Crippen LogP contribution is -2.43. The number of hydrogen-bond acceptors (Lipinski definition) is 4. The van der Waals surface area contributed by atoms with E-state index in [-0.39, 0.29) is 18.0 Å². The number of rotatable bonds is 11. The monoisotopic (exact) mass is 349 g/mol. The Kier molecular flexibility index (Phi) is 9.66. The first kappa shape index (κ1) is 21.0. The van der Waals surface area contributed by atoms with Crippen molar-refractivity contribution in [3.8, 4) is 5.75 Å². The van der Waals surface area contributed by atoms with E-state index in [9.17, 15) is 9.59 Å². The molecule has 0 aliphatic heterocycles. The van der Waals surface area contributed by atoms with Gasteiger partial charge in [-0.2, -0.15) is 0 Å². The Balaban J connectivity index is 2.60. The molecule has 5 heteroatoms. The number of carbonyl (C=O) groups is 2. The number of hydrogen-bond donors (Lipinski definition) is 1. The summed E-state index contributed by atoms with van der Waals surface area (Å²) in [5, 5.41) is 2.69. The molecule has 2 atom stereocenters. The fourth-order valence-corrected chi connectivity index (χ4v) is 2.63. The molecule has 1 N–H and O–H groups in total. The van der Waals surface area contributed by atoms with Crippen molar-refractivity contribution in [1.82, 2.24) is 5.32 Å². The average Bonchev–Trinajstić information content (AvgIpc) is 2.58. The fourth-order valence-electron chi connectivity index (χ4n) is 2.63. The third-order valence-corrected chi connectivity index (χ3v) is 4.04. The number of methoxy groups -OCH3 is 1. The Hall–Kier alpha value is -2.04. The van der Waals surface area contributed by atoms with Crippen LogP contribution in [0.15, 0.2) is 24.3 Å². The Morgan fingerprint density at radius 2 is 1.80 bits per heavy atom. The largest absolute Gasteiger partial charge is 0.497 e. The first-order chi connectivity index (χ1) is 12.0. The van der Waals surface area contributed by atoms with Gasteiger partial charge in [-0.1, -0.05) is 38.3 Å². The molecule has 0 bridgehead atoms. The van der Waals surface area contributed by atoms with E-state index in [4.69, 9.17) is 9.47 Å². The van der Waals surface area contributed by atoms with E-state index in [2.05, 4.69) is 12.2 Å². The second-order valence-corrected chi connectivity index (χ2v) is 6.40. The smallest absolute Gasteiger partial charge is 0.329 e. The van der Waals surface area contributed by atoms with Crippen LogP contribution in [-0.2, 0) is 20.7 Å². The van der Waals surface area contributed by atoms with Gasteiger partial charge in [-0.15, -0.1) is 0 Å². The van der Waals surface area contributed by atoms with Crippen LogP contribution in [0.3, 0.4) is 0 Å². The Bertz CT molecular complexity index is 527. The minimum Gasteiger partial charge on any atom is -0.497 e. The quantitative estimate of drug-likeness (QED) is 0.489. The number of carbonyl (C=O) groups excluding carboxylic acids is 2. The summed E-state index contributed by atoms with van der Waals surface area (Å²) in [6, 6.07) is 6.76. The summed E-state index contributed by atoms with van der Waals surface area (Å²) >= 11 is 0. The van der Waals surface area contributed by atoms with Crippen molar-refractivity contribution in [2.45, 2.75) is 71.4 Å². The molecule has 0 spiro atoms. The third-order valence-electron chi connectivity index (χ3n) is 4.04. The number of nitrogens with one attached hydrogen (secondary N) is 1. The number of benzene rings is 1. The molecule has 1 aromatic carbocycles. The second-order valence-electron chi connectivity index (χ2n) is 6.40. The average molecular weight is 349 g/mol. The highest BCUT2D eigenvalue weighted by Crippen LogP contribution is 2.14. The molecular weight excluding hydrogens is 318 g/mol. The molecule has 0 aliphatic rings. The summed E-state index contributed by atoms with van der Waals surface area (Å²) in [6.45, 7) is 5.48. The predicted octanol–water partition coefficient (Wildman–Crippen LogP) is 3.64. The highest BCUT2D eigenvalue weighted by atomic mass is 16.5. The highest BCUT2D eigenvalue weighted by molar-refractivity contribution is 5.83. The molecule has 1 unspecified atom stereocenters. The first-order valence-electron chi connectivity index (χ1n) is 9.06. The van der Waals surface area contributed by atoms with Gasteiger partial charge in [-0.05, 0) is 37.5 Å². The van der Waals surface area contributed by atoms with E-state index in [0.29, 0.717) is 6.42 Å². The maximum absolute atomic E-state index is 12.4. The molecule has 5 nitrogen and oxygen atoms in total. The van der Waals surface area contributed by atoms with Gasteiger partial charge in [0.2, 0.25) is 5.91 Å². The molecule has 0 saturated carbocycles. The highest BCUT2D eigenvalue weighted by Gasteiger charge is 2.23. The van der Waals surface area contributed by atoms with E-state index < -0.39 is 6.04 Å². The van der Waals surface area contributed by atoms with Crippen LogP contribution in [0.2, 0.25) is 0 Å². The second kappa shape index (κ2) is 11.5. The van der Waals surface area contributed by atoms with Crippen LogP contribution in [0, 0.1) is 0 Å². The summed E-state index contributed by atoms with van der Waals surface area (Å²) in [5.41, 5.74) is 0.937. The van der Waals surface area contributed by atoms with Crippen LogP contribution in [-0.4, -0.2) is 31.1 Å². The molecule has 1 rings (SSSR count). The van der Waals surface area contributed by atoms with Crippen molar-refractivity contribution < 1.29 is 19.1 Å². The molecule has 0 heterocycles. The molecule has 0 saturated heterocycles. The van der Waals surface area contributed by atoms with E-state index in [1.165, 1.54) is 19.8 Å². The van der Waals surface area contributed by atoms with Crippen LogP contribution in [0.1, 0.15) is 58.4 Å². The molecule has 0 aliphatic carbocycles. The van der Waals surface area contributed by atoms with E-state index in [1.807, 2.05) is 31.2 Å². The van der Waals surface area contributed by atoms with Gasteiger partial charge in [0.1, 0.15) is 11.8 Å². The lowest BCUT2D eigenvalue weighted by atomic mass is 10.1. The molecule has 0 radical (unpaired) electrons. The van der Waals surface area contributed by atoms with Gasteiger partial charge in [-0.25, -0.2) is 4.79 Å². The number of ether oxygens (including phenoxy) is 2. The van der Waals surface area contributed by atoms with Gasteiger partial charge < -0.3 is 14.8 Å². The molecule has 0 fully saturated rings. The summed E-state index contributed by atoms with van der Waals surface area (Å²) in [6.07, 6.45) is 5.68. The topological polar surface area (TPSA) is 64.6 Å². The predicted molar refractivity (Wildman–Crippen MR) is 98.6 cm³/mol. The van der Waals surface area contributed by atoms with Crippen molar-refractivity contribution in [3.05, 3.63) is 29.8 Å². The van der Waals surface area contributed by atoms with Gasteiger partial charge in [-0.3, -0.25) is 4.79 Å². The first-order valence-corrected chi connectivity index (χ1v) is 9.06. The standard InChI is InChI=1S/C20H31NO4/c1-5-6-7-8-9-15(2)25-20(23)19(21-16(3)22)14-17-10-12-18(24-4)13-11-17/h10-13,15,19H,5-9,14H2,1-4H3,(H,21,22)/t15?,19-/m0/s1. The van der Waals surface area contributed by atoms with Crippen molar-refractivity contribution in [1.29, 1.82) is 0 Å². The lowest BCUT2D eigenvalue weighted by Gasteiger charge is -2.20. The van der Waals surface area contributed by atoms with Crippen molar-refractivity contribution in [2.24, 2.45) is 0 Å². The van der Waals surface area contributed by atoms with E-state index >= 15 is 0 Å². The number of amides is 1. The van der Waals surface area contributed by atoms with Gasteiger partial charge >= 0.3 is 5.97 Å². The molecule has 140 valence electrons. The Morgan fingerprint density at radius 3 is 2.36 bits per heavy atom. The molecule has 0 aromatic heterocycles. The minimum atomic E-state index is -0.677. The van der Waals surface area contributed by atoms with Gasteiger partial charge in [0, 0.05) is 13.3 Å². The molecule has 25 heavy (non-hydrogen) atoms. The minimum absolute atomic E-state index is 0.142. The van der Waals surface area contributed by atoms with Gasteiger partial charge in [0.25, 0.3) is 0 Å². The van der Waals surface area contributed by atoms with Crippen molar-refractivity contribution >= 4 is 11.9 Å². The van der Waals surface area contributed by atoms with Crippen LogP contribution in [0.25, 0.3) is 0 Å². The number of esters is 1.